The fourth-order valence-corrected chi connectivity index (χ4v) is 4.77. The molecule has 0 aromatic heterocycles. The van der Waals surface area contributed by atoms with Crippen molar-refractivity contribution >= 4 is 15.0 Å². The van der Waals surface area contributed by atoms with E-state index in [9.17, 15) is 4.79 Å². The Balaban J connectivity index is 1.79. The Bertz CT molecular complexity index is 873. The molecule has 2 atom stereocenters. The molecular weight excluding hydrogens is 396 g/mol. The second-order valence-corrected chi connectivity index (χ2v) is 11.4. The first-order chi connectivity index (χ1) is 14.2. The molecule has 0 aliphatic carbocycles. The van der Waals surface area contributed by atoms with Gasteiger partial charge in [0.25, 0.3) is 0 Å². The molecule has 0 saturated heterocycles. The van der Waals surface area contributed by atoms with Crippen LogP contribution in [0.15, 0.2) is 42.5 Å². The van der Waals surface area contributed by atoms with Gasteiger partial charge in [-0.3, -0.25) is 0 Å². The first-order valence-electron chi connectivity index (χ1n) is 10.5. The molecule has 1 heterocycles. The Morgan fingerprint density at radius 3 is 2.50 bits per heavy atom. The quantitative estimate of drug-likeness (QED) is 0.483. The maximum atomic E-state index is 12.7. The minimum absolute atomic E-state index is 0.0922. The summed E-state index contributed by atoms with van der Waals surface area (Å²) in [6.07, 6.45) is -0.327. The fraction of sp³-hybridized carbons (Fsp3) is 0.458. The van der Waals surface area contributed by atoms with Crippen molar-refractivity contribution < 1.29 is 23.4 Å². The lowest BCUT2D eigenvalue weighted by Crippen LogP contribution is -2.49. The van der Waals surface area contributed by atoms with E-state index < -0.39 is 9.04 Å². The van der Waals surface area contributed by atoms with Gasteiger partial charge < -0.3 is 18.6 Å². The van der Waals surface area contributed by atoms with Crippen LogP contribution in [0.2, 0.25) is 13.1 Å². The molecule has 2 aromatic carbocycles. The van der Waals surface area contributed by atoms with Gasteiger partial charge in [0.15, 0.2) is 26.6 Å². The zero-order chi connectivity index (χ0) is 21.9. The molecule has 0 bridgehead atoms. The summed E-state index contributed by atoms with van der Waals surface area (Å²) in [7, 11) is -1.27. The van der Waals surface area contributed by atoms with Crippen LogP contribution in [0.5, 0.6) is 11.5 Å². The third-order valence-electron chi connectivity index (χ3n) is 5.08. The van der Waals surface area contributed by atoms with Gasteiger partial charge in [0.1, 0.15) is 13.2 Å². The Morgan fingerprint density at radius 2 is 1.87 bits per heavy atom. The smallest absolute Gasteiger partial charge is 0.338 e. The Kier molecular flexibility index (Phi) is 6.88. The summed E-state index contributed by atoms with van der Waals surface area (Å²) in [6.45, 7) is 13.3. The van der Waals surface area contributed by atoms with Crippen LogP contribution in [-0.4, -0.2) is 33.8 Å². The van der Waals surface area contributed by atoms with Crippen LogP contribution in [0, 0.1) is 12.3 Å². The van der Waals surface area contributed by atoms with Crippen molar-refractivity contribution in [3.05, 3.63) is 59.2 Å². The molecule has 0 fully saturated rings. The minimum atomic E-state index is -1.27. The van der Waals surface area contributed by atoms with Crippen molar-refractivity contribution in [3.8, 4) is 11.5 Å². The number of carbonyl (C=O) groups excluding carboxylic acids is 1. The van der Waals surface area contributed by atoms with E-state index in [2.05, 4.69) is 33.9 Å². The zero-order valence-corrected chi connectivity index (χ0v) is 19.9. The number of esters is 1. The van der Waals surface area contributed by atoms with E-state index in [1.54, 1.807) is 12.1 Å². The molecule has 162 valence electrons. The number of ether oxygens (including phenoxy) is 3. The standard InChI is InChI=1S/C24H32O5Si/c1-16-18(23(25)27-14-17-10-8-7-9-11-17)12-13-19-21(16)28-20(15-26-19)22(24(2,3)4)29-30(5)6/h7-13,20,22,30H,14-15H2,1-6H3. The zero-order valence-electron chi connectivity index (χ0n) is 18.7. The van der Waals surface area contributed by atoms with E-state index >= 15 is 0 Å². The number of hydrogen-bond acceptors (Lipinski definition) is 5. The summed E-state index contributed by atoms with van der Waals surface area (Å²) in [4.78, 5) is 12.7. The topological polar surface area (TPSA) is 54.0 Å². The second kappa shape index (κ2) is 9.23. The summed E-state index contributed by atoms with van der Waals surface area (Å²) >= 11 is 0. The van der Waals surface area contributed by atoms with Crippen LogP contribution in [0.25, 0.3) is 0 Å². The molecule has 0 saturated carbocycles. The second-order valence-electron chi connectivity index (χ2n) is 9.07. The van der Waals surface area contributed by atoms with Crippen LogP contribution in [0.1, 0.15) is 42.3 Å². The molecular formula is C24H32O5Si. The molecule has 2 aromatic rings. The van der Waals surface area contributed by atoms with Crippen LogP contribution in [-0.2, 0) is 15.8 Å². The summed E-state index contributed by atoms with van der Waals surface area (Å²) in [5, 5.41) is 0. The lowest BCUT2D eigenvalue weighted by Gasteiger charge is -2.40. The number of benzene rings is 2. The summed E-state index contributed by atoms with van der Waals surface area (Å²) < 4.78 is 24.2. The highest BCUT2D eigenvalue weighted by atomic mass is 28.3. The van der Waals surface area contributed by atoms with Crippen molar-refractivity contribution in [3.63, 3.8) is 0 Å². The third-order valence-corrected chi connectivity index (χ3v) is 5.92. The maximum absolute atomic E-state index is 12.7. The van der Waals surface area contributed by atoms with E-state index in [1.165, 1.54) is 0 Å². The average molecular weight is 429 g/mol. The molecule has 2 unspecified atom stereocenters. The van der Waals surface area contributed by atoms with Gasteiger partial charge in [0.05, 0.1) is 11.7 Å². The predicted molar refractivity (Wildman–Crippen MR) is 120 cm³/mol. The van der Waals surface area contributed by atoms with E-state index in [-0.39, 0.29) is 30.2 Å². The number of rotatable bonds is 6. The van der Waals surface area contributed by atoms with Crippen molar-refractivity contribution in [2.45, 2.75) is 59.6 Å². The third kappa shape index (κ3) is 5.23. The monoisotopic (exact) mass is 428 g/mol. The first kappa shape index (κ1) is 22.4. The molecule has 0 amide bonds. The van der Waals surface area contributed by atoms with Gasteiger partial charge in [-0.15, -0.1) is 0 Å². The highest BCUT2D eigenvalue weighted by molar-refractivity contribution is 6.48. The number of hydrogen-bond donors (Lipinski definition) is 0. The van der Waals surface area contributed by atoms with E-state index in [0.717, 1.165) is 11.1 Å². The molecule has 0 radical (unpaired) electrons. The van der Waals surface area contributed by atoms with Crippen molar-refractivity contribution in [2.75, 3.05) is 6.61 Å². The molecule has 3 rings (SSSR count). The summed E-state index contributed by atoms with van der Waals surface area (Å²) in [5.41, 5.74) is 2.07. The van der Waals surface area contributed by atoms with Gasteiger partial charge in [-0.2, -0.15) is 0 Å². The van der Waals surface area contributed by atoms with E-state index in [0.29, 0.717) is 23.7 Å². The lowest BCUT2D eigenvalue weighted by molar-refractivity contribution is -0.0478. The highest BCUT2D eigenvalue weighted by Crippen LogP contribution is 2.40. The van der Waals surface area contributed by atoms with E-state index in [1.807, 2.05) is 37.3 Å². The van der Waals surface area contributed by atoms with Crippen molar-refractivity contribution in [1.29, 1.82) is 0 Å². The Labute approximate surface area is 181 Å². The molecule has 6 heteroatoms. The molecule has 0 N–H and O–H groups in total. The van der Waals surface area contributed by atoms with Crippen LogP contribution in [0.3, 0.4) is 0 Å². The van der Waals surface area contributed by atoms with Gasteiger partial charge in [0, 0.05) is 5.56 Å². The largest absolute Gasteiger partial charge is 0.486 e. The first-order valence-corrected chi connectivity index (χ1v) is 13.2. The Hall–Kier alpha value is -2.31. The highest BCUT2D eigenvalue weighted by Gasteiger charge is 2.39. The molecule has 1 aliphatic rings. The molecule has 1 aliphatic heterocycles. The van der Waals surface area contributed by atoms with Crippen LogP contribution < -0.4 is 9.47 Å². The lowest BCUT2D eigenvalue weighted by atomic mass is 9.85. The van der Waals surface area contributed by atoms with Gasteiger partial charge in [0.2, 0.25) is 0 Å². The predicted octanol–water partition coefficient (Wildman–Crippen LogP) is 4.91. The summed E-state index contributed by atoms with van der Waals surface area (Å²) in [6, 6.07) is 13.2. The molecule has 5 nitrogen and oxygen atoms in total. The minimum Gasteiger partial charge on any atom is -0.486 e. The van der Waals surface area contributed by atoms with Crippen molar-refractivity contribution in [1.82, 2.24) is 0 Å². The maximum Gasteiger partial charge on any atom is 0.338 e. The van der Waals surface area contributed by atoms with Crippen LogP contribution in [0.4, 0.5) is 0 Å². The Morgan fingerprint density at radius 1 is 1.17 bits per heavy atom. The van der Waals surface area contributed by atoms with Gasteiger partial charge in [-0.25, -0.2) is 4.79 Å². The average Bonchev–Trinajstić information content (AvgIpc) is 2.70. The molecule has 30 heavy (non-hydrogen) atoms. The van der Waals surface area contributed by atoms with Gasteiger partial charge >= 0.3 is 5.97 Å². The fourth-order valence-electron chi connectivity index (χ4n) is 3.60. The van der Waals surface area contributed by atoms with Crippen molar-refractivity contribution in [2.24, 2.45) is 5.41 Å². The summed E-state index contributed by atoms with van der Waals surface area (Å²) in [5.74, 6) is 0.879. The van der Waals surface area contributed by atoms with Crippen LogP contribution >= 0.6 is 0 Å². The SMILES string of the molecule is Cc1c(C(=O)OCc2ccccc2)ccc2c1OC(C(O[SiH](C)C)C(C)(C)C)CO2. The number of carbonyl (C=O) groups is 1. The number of fused-ring (bicyclic) bond motifs is 1. The molecule has 0 spiro atoms. The normalized spacial score (nSPS) is 17.0. The van der Waals surface area contributed by atoms with E-state index in [4.69, 9.17) is 18.6 Å². The van der Waals surface area contributed by atoms with Gasteiger partial charge in [-0.1, -0.05) is 51.1 Å². The van der Waals surface area contributed by atoms with Gasteiger partial charge in [-0.05, 0) is 43.1 Å².